The van der Waals surface area contributed by atoms with Crippen molar-refractivity contribution < 1.29 is 38.1 Å². The zero-order valence-electron chi connectivity index (χ0n) is 38.9. The Labute approximate surface area is 388 Å². The van der Waals surface area contributed by atoms with E-state index in [0.717, 1.165) is 81.6 Å². The Morgan fingerprint density at radius 2 is 1.66 bits per heavy atom. The molecular formula is C52H57N6O9+. The van der Waals surface area contributed by atoms with Gasteiger partial charge in [-0.15, -0.1) is 0 Å². The SMILES string of the molecule is CCc1c2c(nc3ccc(OC(=O)N(C)CCN(C)C(=O)OC(C)c4c5ccc(=[N+]6CCCCC6)cc-5oc5cc(N6CCCC6)ccc45)cc13)-c1cc3c(c(=O)n1C2)COC(=O)[C@]3(O)CC. The second kappa shape index (κ2) is 17.5. The number of carbonyl (C=O) groups is 3. The van der Waals surface area contributed by atoms with E-state index < -0.39 is 29.9 Å². The maximum absolute atomic E-state index is 13.8. The summed E-state index contributed by atoms with van der Waals surface area (Å²) in [6.07, 6.45) is 4.83. The van der Waals surface area contributed by atoms with Gasteiger partial charge in [-0.3, -0.25) is 4.79 Å². The van der Waals surface area contributed by atoms with Crippen LogP contribution < -0.4 is 25.1 Å². The number of esters is 1. The minimum Gasteiger partial charge on any atom is -0.458 e. The van der Waals surface area contributed by atoms with Gasteiger partial charge in [0.2, 0.25) is 5.36 Å². The molecule has 10 rings (SSSR count). The van der Waals surface area contributed by atoms with Crippen LogP contribution in [0, 0.1) is 0 Å². The molecule has 1 N–H and O–H groups in total. The molecule has 0 radical (unpaired) electrons. The molecule has 0 bridgehead atoms. The summed E-state index contributed by atoms with van der Waals surface area (Å²) < 4.78 is 28.0. The molecule has 0 spiro atoms. The minimum atomic E-state index is -1.92. The lowest BCUT2D eigenvalue weighted by Gasteiger charge is -2.31. The molecular weight excluding hydrogens is 853 g/mol. The second-order valence-corrected chi connectivity index (χ2v) is 18.4. The van der Waals surface area contributed by atoms with Gasteiger partial charge in [0.15, 0.2) is 5.60 Å². The average molecular weight is 910 g/mol. The number of cyclic esters (lactones) is 1. The molecule has 2 fully saturated rings. The van der Waals surface area contributed by atoms with Crippen LogP contribution >= 0.6 is 0 Å². The van der Waals surface area contributed by atoms with E-state index in [1.807, 2.05) is 13.8 Å². The fourth-order valence-corrected chi connectivity index (χ4v) is 10.4. The zero-order chi connectivity index (χ0) is 46.7. The predicted octanol–water partition coefficient (Wildman–Crippen LogP) is 7.31. The number of carbonyl (C=O) groups excluding carboxylic acids is 3. The van der Waals surface area contributed by atoms with Crippen molar-refractivity contribution in [2.75, 3.05) is 58.3 Å². The molecule has 2 aromatic carbocycles. The van der Waals surface area contributed by atoms with Crippen molar-refractivity contribution in [2.45, 2.75) is 90.6 Å². The number of fused-ring (bicyclic) bond motifs is 7. The molecule has 0 saturated carbocycles. The highest BCUT2D eigenvalue weighted by Crippen LogP contribution is 2.42. The van der Waals surface area contributed by atoms with Gasteiger partial charge in [-0.25, -0.2) is 23.9 Å². The summed E-state index contributed by atoms with van der Waals surface area (Å²) in [5, 5.41) is 14.1. The van der Waals surface area contributed by atoms with Crippen LogP contribution in [0.2, 0.25) is 0 Å². The number of piperidine rings is 1. The third-order valence-electron chi connectivity index (χ3n) is 14.3. The number of pyridine rings is 2. The van der Waals surface area contributed by atoms with E-state index in [-0.39, 0.29) is 49.3 Å². The first kappa shape index (κ1) is 44.1. The van der Waals surface area contributed by atoms with E-state index in [2.05, 4.69) is 45.9 Å². The van der Waals surface area contributed by atoms with Crippen LogP contribution in [0.4, 0.5) is 15.3 Å². The predicted molar refractivity (Wildman–Crippen MR) is 253 cm³/mol. The third kappa shape index (κ3) is 7.76. The Morgan fingerprint density at radius 3 is 2.40 bits per heavy atom. The van der Waals surface area contributed by atoms with Crippen molar-refractivity contribution in [3.05, 3.63) is 104 Å². The summed E-state index contributed by atoms with van der Waals surface area (Å²) in [4.78, 5) is 63.8. The highest BCUT2D eigenvalue weighted by atomic mass is 16.6. The van der Waals surface area contributed by atoms with E-state index >= 15 is 0 Å². The number of aliphatic hydroxyl groups is 1. The number of benzene rings is 3. The summed E-state index contributed by atoms with van der Waals surface area (Å²) in [5.74, 6) is 0.299. The van der Waals surface area contributed by atoms with Crippen LogP contribution in [-0.2, 0) is 39.4 Å². The van der Waals surface area contributed by atoms with Crippen molar-refractivity contribution in [3.63, 3.8) is 0 Å². The van der Waals surface area contributed by atoms with Crippen molar-refractivity contribution in [1.29, 1.82) is 0 Å². The van der Waals surface area contributed by atoms with Gasteiger partial charge in [0.25, 0.3) is 5.56 Å². The lowest BCUT2D eigenvalue weighted by Crippen LogP contribution is -2.44. The number of hydrogen-bond acceptors (Lipinski definition) is 11. The van der Waals surface area contributed by atoms with Gasteiger partial charge in [-0.1, -0.05) is 13.8 Å². The van der Waals surface area contributed by atoms with Crippen LogP contribution in [0.5, 0.6) is 5.75 Å². The Balaban J connectivity index is 0.834. The highest BCUT2D eigenvalue weighted by Gasteiger charge is 2.45. The molecule has 6 aliphatic rings. The monoisotopic (exact) mass is 909 g/mol. The lowest BCUT2D eigenvalue weighted by molar-refractivity contribution is -0.172. The number of aromatic nitrogens is 2. The average Bonchev–Trinajstić information content (AvgIpc) is 4.02. The Kier molecular flexibility index (Phi) is 11.5. The molecule has 2 amide bonds. The molecule has 2 saturated heterocycles. The first-order valence-electron chi connectivity index (χ1n) is 23.7. The van der Waals surface area contributed by atoms with E-state index in [4.69, 9.17) is 23.6 Å². The Hall–Kier alpha value is -6.74. The topological polar surface area (TPSA) is 160 Å². The van der Waals surface area contributed by atoms with Gasteiger partial charge in [0, 0.05) is 104 Å². The largest absolute Gasteiger partial charge is 0.458 e. The molecule has 5 aliphatic heterocycles. The van der Waals surface area contributed by atoms with E-state index in [1.165, 1.54) is 41.9 Å². The molecule has 348 valence electrons. The summed E-state index contributed by atoms with van der Waals surface area (Å²) >= 11 is 0. The molecule has 7 heterocycles. The number of anilines is 1. The third-order valence-corrected chi connectivity index (χ3v) is 14.3. The molecule has 4 aromatic rings. The van der Waals surface area contributed by atoms with Gasteiger partial charge in [-0.05, 0) is 87.1 Å². The molecule has 67 heavy (non-hydrogen) atoms. The summed E-state index contributed by atoms with van der Waals surface area (Å²) in [6.45, 7) is 10.1. The fourth-order valence-electron chi connectivity index (χ4n) is 10.4. The zero-order valence-corrected chi connectivity index (χ0v) is 38.9. The first-order chi connectivity index (χ1) is 32.4. The summed E-state index contributed by atoms with van der Waals surface area (Å²) in [6, 6.07) is 19.6. The van der Waals surface area contributed by atoms with Crippen molar-refractivity contribution in [3.8, 4) is 28.5 Å². The Bertz CT molecular complexity index is 3090. The van der Waals surface area contributed by atoms with Crippen molar-refractivity contribution >= 4 is 45.7 Å². The first-order valence-corrected chi connectivity index (χ1v) is 23.7. The second-order valence-electron chi connectivity index (χ2n) is 18.4. The van der Waals surface area contributed by atoms with Crippen LogP contribution in [0.3, 0.4) is 0 Å². The number of hydrogen-bond donors (Lipinski definition) is 1. The number of aryl methyl sites for hydroxylation is 1. The van der Waals surface area contributed by atoms with Gasteiger partial charge in [0.05, 0.1) is 35.1 Å². The standard InChI is InChI=1S/C52H57N6O9/c1-6-35-38-27-34(15-18-42(38)53-47-39(35)29-58-43(47)28-41-40(48(58)59)30-64-49(60)52(41,63)7-2)66-51(62)55(5)24-23-54(4)50(61)65-31(3)46-36-16-13-32(56-19-9-8-10-20-56)25-44(36)67-45-26-33(14-17-37(45)46)57-21-11-12-22-57/h13-18,25-28,31,63H,6-12,19-24,29-30H2,1-5H3/q+1/t31?,52-/m0/s1. The molecule has 2 atom stereocenters. The summed E-state index contributed by atoms with van der Waals surface area (Å²) in [7, 11) is 3.27. The maximum Gasteiger partial charge on any atom is 0.415 e. The molecule has 15 heteroatoms. The van der Waals surface area contributed by atoms with Crippen molar-refractivity contribution in [1.82, 2.24) is 23.9 Å². The van der Waals surface area contributed by atoms with Crippen LogP contribution in [0.15, 0.2) is 69.9 Å². The number of rotatable bonds is 9. The normalized spacial score (nSPS) is 18.1. The quantitative estimate of drug-likeness (QED) is 0.0880. The minimum absolute atomic E-state index is 0.0561. The smallest absolute Gasteiger partial charge is 0.415 e. The number of likely N-dealkylation sites (N-methyl/N-ethyl adjacent to an activating group) is 2. The van der Waals surface area contributed by atoms with Gasteiger partial charge < -0.3 is 43.0 Å². The number of nitrogens with zero attached hydrogens (tertiary/aromatic N) is 6. The van der Waals surface area contributed by atoms with Crippen molar-refractivity contribution in [2.24, 2.45) is 0 Å². The molecule has 1 aliphatic carbocycles. The highest BCUT2D eigenvalue weighted by molar-refractivity contribution is 5.92. The van der Waals surface area contributed by atoms with E-state index in [9.17, 15) is 24.3 Å². The van der Waals surface area contributed by atoms with Crippen LogP contribution in [0.25, 0.3) is 44.6 Å². The number of amides is 2. The van der Waals surface area contributed by atoms with Gasteiger partial charge in [-0.2, -0.15) is 0 Å². The van der Waals surface area contributed by atoms with Crippen LogP contribution in [0.1, 0.15) is 93.2 Å². The van der Waals surface area contributed by atoms with Crippen LogP contribution in [-0.4, -0.2) is 96.0 Å². The fraction of sp³-hybridized carbons (Fsp3) is 0.423. The molecule has 15 nitrogen and oxygen atoms in total. The molecule has 1 unspecified atom stereocenters. The van der Waals surface area contributed by atoms with E-state index in [1.54, 1.807) is 49.9 Å². The lowest BCUT2D eigenvalue weighted by atomic mass is 9.86. The molecule has 2 aromatic heterocycles. The van der Waals surface area contributed by atoms with E-state index in [0.29, 0.717) is 29.1 Å². The Morgan fingerprint density at radius 1 is 0.896 bits per heavy atom. The van der Waals surface area contributed by atoms with Gasteiger partial charge >= 0.3 is 18.2 Å². The summed E-state index contributed by atoms with van der Waals surface area (Å²) in [5.41, 5.74) is 5.50. The van der Waals surface area contributed by atoms with Gasteiger partial charge in [0.1, 0.15) is 42.9 Å². The maximum atomic E-state index is 13.8. The number of ether oxygens (including phenoxy) is 3.